The number of nitrogens with zero attached hydrogens (tertiary/aromatic N) is 2. The number of hydrogen-bond donors (Lipinski definition) is 3. The third-order valence-electron chi connectivity index (χ3n) is 7.67. The molecule has 1 aliphatic carbocycles. The summed E-state index contributed by atoms with van der Waals surface area (Å²) in [6, 6.07) is 7.85. The van der Waals surface area contributed by atoms with Crippen LogP contribution in [0.3, 0.4) is 0 Å². The molecule has 1 saturated carbocycles. The predicted molar refractivity (Wildman–Crippen MR) is 125 cm³/mol. The molecular formula is C26H25F2N3O4. The molecule has 3 N–H and O–H groups in total. The van der Waals surface area contributed by atoms with Crippen molar-refractivity contribution in [2.24, 2.45) is 0 Å². The van der Waals surface area contributed by atoms with E-state index in [1.165, 1.54) is 6.07 Å². The second kappa shape index (κ2) is 8.13. The number of ether oxygens (including phenoxy) is 1. The summed E-state index contributed by atoms with van der Waals surface area (Å²) in [5.74, 6) is -3.20. The minimum absolute atomic E-state index is 0.0780. The summed E-state index contributed by atoms with van der Waals surface area (Å²) in [6.07, 6.45) is 3.98. The van der Waals surface area contributed by atoms with Gasteiger partial charge in [-0.3, -0.25) is 5.10 Å². The monoisotopic (exact) mass is 481 g/mol. The summed E-state index contributed by atoms with van der Waals surface area (Å²) in [6.45, 7) is 1.16. The van der Waals surface area contributed by atoms with Crippen molar-refractivity contribution >= 4 is 27.8 Å². The number of fused-ring (bicyclic) bond motifs is 2. The Hall–Kier alpha value is -3.30. The fraction of sp³-hybridized carbons (Fsp3) is 0.385. The number of aliphatic carboxylic acids is 1. The molecule has 1 aliphatic heterocycles. The number of H-pyrrole nitrogens is 1. The number of aliphatic hydroxyl groups is 1. The first-order valence-corrected chi connectivity index (χ1v) is 11.9. The molecule has 0 radical (unpaired) electrons. The van der Waals surface area contributed by atoms with Gasteiger partial charge in [-0.15, -0.1) is 0 Å². The van der Waals surface area contributed by atoms with E-state index in [4.69, 9.17) is 4.74 Å². The molecule has 9 heteroatoms. The summed E-state index contributed by atoms with van der Waals surface area (Å²) in [5, 5.41) is 29.3. The van der Waals surface area contributed by atoms with Crippen molar-refractivity contribution in [2.75, 3.05) is 13.2 Å². The Kier molecular flexibility index (Phi) is 5.16. The number of rotatable bonds is 4. The van der Waals surface area contributed by atoms with Crippen LogP contribution in [0.1, 0.15) is 55.2 Å². The quantitative estimate of drug-likeness (QED) is 0.390. The summed E-state index contributed by atoms with van der Waals surface area (Å²) < 4.78 is 35.9. The Balaban J connectivity index is 1.67. The normalized spacial score (nSPS) is 23.5. The molecule has 182 valence electrons. The highest BCUT2D eigenvalue weighted by molar-refractivity contribution is 5.99. The van der Waals surface area contributed by atoms with E-state index >= 15 is 0 Å². The molecule has 6 rings (SSSR count). The third-order valence-corrected chi connectivity index (χ3v) is 7.67. The fourth-order valence-electron chi connectivity index (χ4n) is 5.94. The summed E-state index contributed by atoms with van der Waals surface area (Å²) >= 11 is 0. The van der Waals surface area contributed by atoms with Gasteiger partial charge in [0, 0.05) is 47.4 Å². The molecule has 2 aromatic heterocycles. The SMILES string of the molecule is O=C(O)[C@]1(O)CC[C@@H](c2c(C3CCOCC3)n(-c3ccc(F)c(F)c3)c3cc4cn[nH]c4cc23)C1. The van der Waals surface area contributed by atoms with Gasteiger partial charge in [0.1, 0.15) is 0 Å². The molecule has 2 aliphatic rings. The van der Waals surface area contributed by atoms with Crippen molar-refractivity contribution < 1.29 is 28.5 Å². The van der Waals surface area contributed by atoms with Gasteiger partial charge in [-0.25, -0.2) is 13.6 Å². The maximum Gasteiger partial charge on any atom is 0.335 e. The molecule has 35 heavy (non-hydrogen) atoms. The lowest BCUT2D eigenvalue weighted by molar-refractivity contribution is -0.157. The Morgan fingerprint density at radius 1 is 1.11 bits per heavy atom. The number of nitrogens with one attached hydrogen (secondary N) is 1. The van der Waals surface area contributed by atoms with Crippen LogP contribution in [0.15, 0.2) is 36.5 Å². The first-order chi connectivity index (χ1) is 16.9. The first kappa shape index (κ1) is 22.2. The van der Waals surface area contributed by atoms with Gasteiger partial charge in [0.15, 0.2) is 17.2 Å². The highest BCUT2D eigenvalue weighted by Gasteiger charge is 2.46. The summed E-state index contributed by atoms with van der Waals surface area (Å²) in [5.41, 5.74) is 2.26. The van der Waals surface area contributed by atoms with E-state index in [0.717, 1.165) is 52.0 Å². The third kappa shape index (κ3) is 3.52. The van der Waals surface area contributed by atoms with Gasteiger partial charge in [-0.05, 0) is 67.9 Å². The summed E-state index contributed by atoms with van der Waals surface area (Å²) in [7, 11) is 0. The van der Waals surface area contributed by atoms with E-state index in [2.05, 4.69) is 10.2 Å². The van der Waals surface area contributed by atoms with Gasteiger partial charge in [0.25, 0.3) is 0 Å². The van der Waals surface area contributed by atoms with Gasteiger partial charge >= 0.3 is 5.97 Å². The Labute approximate surface area is 199 Å². The van der Waals surface area contributed by atoms with Crippen molar-refractivity contribution in [1.29, 1.82) is 0 Å². The lowest BCUT2D eigenvalue weighted by Gasteiger charge is -2.27. The van der Waals surface area contributed by atoms with Crippen LogP contribution in [0.5, 0.6) is 0 Å². The smallest absolute Gasteiger partial charge is 0.335 e. The van der Waals surface area contributed by atoms with E-state index in [1.54, 1.807) is 12.3 Å². The van der Waals surface area contributed by atoms with E-state index in [0.29, 0.717) is 25.3 Å². The Morgan fingerprint density at radius 2 is 1.91 bits per heavy atom. The summed E-state index contributed by atoms with van der Waals surface area (Å²) in [4.78, 5) is 11.8. The molecule has 1 saturated heterocycles. The van der Waals surface area contributed by atoms with Crippen LogP contribution in [0.2, 0.25) is 0 Å². The lowest BCUT2D eigenvalue weighted by Crippen LogP contribution is -2.35. The molecule has 2 fully saturated rings. The van der Waals surface area contributed by atoms with Gasteiger partial charge < -0.3 is 19.5 Å². The molecule has 0 unspecified atom stereocenters. The van der Waals surface area contributed by atoms with Crippen LogP contribution in [0.4, 0.5) is 8.78 Å². The van der Waals surface area contributed by atoms with E-state index in [1.807, 2.05) is 16.7 Å². The van der Waals surface area contributed by atoms with Crippen LogP contribution in [0.25, 0.3) is 27.5 Å². The number of aromatic nitrogens is 3. The van der Waals surface area contributed by atoms with Gasteiger partial charge in [-0.2, -0.15) is 5.10 Å². The minimum atomic E-state index is -1.79. The highest BCUT2D eigenvalue weighted by atomic mass is 19.2. The van der Waals surface area contributed by atoms with Crippen molar-refractivity contribution in [3.05, 3.63) is 59.4 Å². The standard InChI is InChI=1S/C26H25F2N3O4/c27-19-2-1-17(10-20(19)28)31-22-9-16-13-29-30-21(16)11-18(22)23(24(31)14-4-7-35-8-5-14)15-3-6-26(34,12-15)25(32)33/h1-2,9-11,13-15,34H,3-8,12H2,(H,29,30)(H,32,33)/t15-,26+/m1/s1. The molecule has 0 bridgehead atoms. The Bertz CT molecular complexity index is 1460. The largest absolute Gasteiger partial charge is 0.479 e. The number of carboxylic acid groups (broad SMARTS) is 1. The Morgan fingerprint density at radius 3 is 2.63 bits per heavy atom. The number of benzene rings is 2. The first-order valence-electron chi connectivity index (χ1n) is 11.9. The molecule has 0 spiro atoms. The van der Waals surface area contributed by atoms with Crippen LogP contribution >= 0.6 is 0 Å². The average molecular weight is 481 g/mol. The van der Waals surface area contributed by atoms with Crippen molar-refractivity contribution in [3.8, 4) is 5.69 Å². The number of carboxylic acids is 1. The van der Waals surface area contributed by atoms with Crippen LogP contribution < -0.4 is 0 Å². The van der Waals surface area contributed by atoms with Gasteiger partial charge in [-0.1, -0.05) is 0 Å². The van der Waals surface area contributed by atoms with Crippen molar-refractivity contribution in [3.63, 3.8) is 0 Å². The van der Waals surface area contributed by atoms with Crippen LogP contribution in [-0.2, 0) is 9.53 Å². The lowest BCUT2D eigenvalue weighted by atomic mass is 9.85. The topological polar surface area (TPSA) is 100 Å². The highest BCUT2D eigenvalue weighted by Crippen LogP contribution is 2.49. The number of aromatic amines is 1. The van der Waals surface area contributed by atoms with E-state index in [-0.39, 0.29) is 24.7 Å². The van der Waals surface area contributed by atoms with Crippen LogP contribution in [-0.4, -0.2) is 49.8 Å². The van der Waals surface area contributed by atoms with Gasteiger partial charge in [0.2, 0.25) is 0 Å². The maximum absolute atomic E-state index is 14.4. The molecule has 7 nitrogen and oxygen atoms in total. The molecule has 3 heterocycles. The zero-order valence-corrected chi connectivity index (χ0v) is 18.9. The fourth-order valence-corrected chi connectivity index (χ4v) is 5.94. The number of halogens is 2. The average Bonchev–Trinajstić information content (AvgIpc) is 3.55. The van der Waals surface area contributed by atoms with E-state index < -0.39 is 23.2 Å². The minimum Gasteiger partial charge on any atom is -0.479 e. The molecule has 4 aromatic rings. The molecular weight excluding hydrogens is 456 g/mol. The zero-order valence-electron chi connectivity index (χ0n) is 18.9. The molecule has 2 aromatic carbocycles. The maximum atomic E-state index is 14.4. The van der Waals surface area contributed by atoms with E-state index in [9.17, 15) is 23.8 Å². The molecule has 0 amide bonds. The molecule has 2 atom stereocenters. The zero-order chi connectivity index (χ0) is 24.3. The second-order valence-electron chi connectivity index (χ2n) is 9.72. The second-order valence-corrected chi connectivity index (χ2v) is 9.72. The number of hydrogen-bond acceptors (Lipinski definition) is 4. The van der Waals surface area contributed by atoms with Gasteiger partial charge in [0.05, 0.1) is 17.2 Å². The van der Waals surface area contributed by atoms with Crippen molar-refractivity contribution in [2.45, 2.75) is 49.5 Å². The van der Waals surface area contributed by atoms with Crippen LogP contribution in [0, 0.1) is 11.6 Å². The van der Waals surface area contributed by atoms with Crippen molar-refractivity contribution in [1.82, 2.24) is 14.8 Å². The number of carbonyl (C=O) groups is 1. The predicted octanol–water partition coefficient (Wildman–Crippen LogP) is 4.76.